The molecule has 2 aromatic rings. The summed E-state index contributed by atoms with van der Waals surface area (Å²) in [6, 6.07) is 13.9. The van der Waals surface area contributed by atoms with Crippen LogP contribution >= 0.6 is 11.8 Å². The molecule has 1 nitrogen and oxygen atoms in total. The second-order valence-corrected chi connectivity index (χ2v) is 9.49. The van der Waals surface area contributed by atoms with Crippen LogP contribution in [0.25, 0.3) is 0 Å². The minimum Gasteiger partial charge on any atom is -0.281 e. The molecule has 3 rings (SSSR count). The molecule has 0 unspecified atom stereocenters. The van der Waals surface area contributed by atoms with Gasteiger partial charge < -0.3 is 0 Å². The summed E-state index contributed by atoms with van der Waals surface area (Å²) in [7, 11) is 0. The molecular weight excluding hydrogens is 398 g/mol. The molecule has 2 aromatic carbocycles. The number of hydrogen-bond acceptors (Lipinski definition) is 2. The molecule has 0 N–H and O–H groups in total. The molecule has 0 radical (unpaired) electrons. The first-order valence-electron chi connectivity index (χ1n) is 11.3. The number of thioether (sulfide) groups is 1. The van der Waals surface area contributed by atoms with Crippen LogP contribution in [-0.2, 0) is 0 Å². The normalized spacial score (nSPS) is 19.2. The Morgan fingerprint density at radius 3 is 2.20 bits per heavy atom. The summed E-state index contributed by atoms with van der Waals surface area (Å²) in [4.78, 5) is 13.3. The molecule has 0 bridgehead atoms. The van der Waals surface area contributed by atoms with Gasteiger partial charge in [-0.15, -0.1) is 0 Å². The maximum Gasteiger partial charge on any atom is 0.263 e. The Morgan fingerprint density at radius 2 is 1.60 bits per heavy atom. The van der Waals surface area contributed by atoms with Crippen LogP contribution in [0.4, 0.5) is 8.78 Å². The van der Waals surface area contributed by atoms with Crippen molar-refractivity contribution in [3.05, 3.63) is 65.2 Å². The van der Waals surface area contributed by atoms with Crippen molar-refractivity contribution in [3.8, 4) is 0 Å². The SMILES string of the molecule is CCCCCC[C@H]1CC[C@H](c2ccc(SC(=O)c3ccc(C(F)F)cc3)cc2)CC1. The lowest BCUT2D eigenvalue weighted by atomic mass is 9.77. The molecule has 0 saturated heterocycles. The number of benzene rings is 2. The number of alkyl halides is 2. The quantitative estimate of drug-likeness (QED) is 0.292. The van der Waals surface area contributed by atoms with E-state index in [2.05, 4.69) is 19.1 Å². The Balaban J connectivity index is 1.47. The summed E-state index contributed by atoms with van der Waals surface area (Å²) < 4.78 is 25.3. The van der Waals surface area contributed by atoms with Crippen molar-refractivity contribution in [2.45, 2.75) is 81.9 Å². The van der Waals surface area contributed by atoms with E-state index >= 15 is 0 Å². The predicted octanol–water partition coefficient (Wildman–Crippen LogP) is 8.80. The van der Waals surface area contributed by atoms with Crippen LogP contribution in [0.5, 0.6) is 0 Å². The highest BCUT2D eigenvalue weighted by atomic mass is 32.2. The fraction of sp³-hybridized carbons (Fsp3) is 0.500. The van der Waals surface area contributed by atoms with Crippen LogP contribution in [0.2, 0.25) is 0 Å². The zero-order chi connectivity index (χ0) is 21.3. The van der Waals surface area contributed by atoms with E-state index in [1.165, 1.54) is 87.6 Å². The molecule has 0 amide bonds. The fourth-order valence-electron chi connectivity index (χ4n) is 4.38. The summed E-state index contributed by atoms with van der Waals surface area (Å²) >= 11 is 1.15. The largest absolute Gasteiger partial charge is 0.281 e. The van der Waals surface area contributed by atoms with Crippen molar-refractivity contribution in [3.63, 3.8) is 0 Å². The lowest BCUT2D eigenvalue weighted by molar-refractivity contribution is 0.108. The molecule has 0 aromatic heterocycles. The average Bonchev–Trinajstić information content (AvgIpc) is 2.78. The van der Waals surface area contributed by atoms with Crippen molar-refractivity contribution in [1.29, 1.82) is 0 Å². The number of unbranched alkanes of at least 4 members (excludes halogenated alkanes) is 3. The molecule has 1 saturated carbocycles. The summed E-state index contributed by atoms with van der Waals surface area (Å²) in [6.07, 6.45) is 9.51. The van der Waals surface area contributed by atoms with E-state index in [1.807, 2.05) is 12.1 Å². The highest BCUT2D eigenvalue weighted by molar-refractivity contribution is 8.14. The molecular formula is C26H32F2OS. The van der Waals surface area contributed by atoms with Gasteiger partial charge in [-0.3, -0.25) is 4.79 Å². The van der Waals surface area contributed by atoms with E-state index in [4.69, 9.17) is 0 Å². The maximum absolute atomic E-state index is 12.7. The van der Waals surface area contributed by atoms with Crippen LogP contribution in [0.3, 0.4) is 0 Å². The van der Waals surface area contributed by atoms with Gasteiger partial charge in [0.1, 0.15) is 0 Å². The molecule has 1 aliphatic rings. The highest BCUT2D eigenvalue weighted by Gasteiger charge is 2.22. The van der Waals surface area contributed by atoms with Crippen molar-refractivity contribution >= 4 is 16.9 Å². The number of carbonyl (C=O) groups is 1. The number of halogens is 2. The van der Waals surface area contributed by atoms with Crippen molar-refractivity contribution in [2.24, 2.45) is 5.92 Å². The molecule has 0 atom stereocenters. The summed E-state index contributed by atoms with van der Waals surface area (Å²) in [5.74, 6) is 1.54. The van der Waals surface area contributed by atoms with Crippen molar-refractivity contribution < 1.29 is 13.6 Å². The van der Waals surface area contributed by atoms with Gasteiger partial charge >= 0.3 is 0 Å². The number of carbonyl (C=O) groups excluding carboxylic acids is 1. The van der Waals surface area contributed by atoms with E-state index in [0.29, 0.717) is 11.5 Å². The van der Waals surface area contributed by atoms with Gasteiger partial charge in [-0.05, 0) is 67.0 Å². The number of hydrogen-bond donors (Lipinski definition) is 0. The van der Waals surface area contributed by atoms with Gasteiger partial charge in [-0.1, -0.05) is 75.4 Å². The zero-order valence-electron chi connectivity index (χ0n) is 17.8. The van der Waals surface area contributed by atoms with Crippen LogP contribution in [-0.4, -0.2) is 5.12 Å². The van der Waals surface area contributed by atoms with Gasteiger partial charge in [0.2, 0.25) is 5.12 Å². The predicted molar refractivity (Wildman–Crippen MR) is 121 cm³/mol. The van der Waals surface area contributed by atoms with Crippen molar-refractivity contribution in [1.82, 2.24) is 0 Å². The van der Waals surface area contributed by atoms with E-state index in [-0.39, 0.29) is 10.7 Å². The van der Waals surface area contributed by atoms with Crippen LogP contribution in [0.15, 0.2) is 53.4 Å². The minimum absolute atomic E-state index is 0.0587. The lowest BCUT2D eigenvalue weighted by Gasteiger charge is -2.29. The molecule has 1 fully saturated rings. The molecule has 0 spiro atoms. The Labute approximate surface area is 183 Å². The lowest BCUT2D eigenvalue weighted by Crippen LogP contribution is -2.13. The monoisotopic (exact) mass is 430 g/mol. The van der Waals surface area contributed by atoms with Gasteiger partial charge in [0.15, 0.2) is 0 Å². The van der Waals surface area contributed by atoms with Gasteiger partial charge in [-0.25, -0.2) is 8.78 Å². The Morgan fingerprint density at radius 1 is 0.933 bits per heavy atom. The molecule has 162 valence electrons. The third-order valence-corrected chi connectivity index (χ3v) is 7.20. The fourth-order valence-corrected chi connectivity index (χ4v) is 5.12. The van der Waals surface area contributed by atoms with Crippen LogP contribution < -0.4 is 0 Å². The third-order valence-electron chi connectivity index (χ3n) is 6.27. The van der Waals surface area contributed by atoms with Crippen molar-refractivity contribution in [2.75, 3.05) is 0 Å². The van der Waals surface area contributed by atoms with Crippen LogP contribution in [0.1, 0.15) is 98.5 Å². The maximum atomic E-state index is 12.7. The molecule has 1 aliphatic carbocycles. The van der Waals surface area contributed by atoms with E-state index in [1.54, 1.807) is 0 Å². The van der Waals surface area contributed by atoms with E-state index in [9.17, 15) is 13.6 Å². The minimum atomic E-state index is -2.51. The Bertz CT molecular complexity index is 778. The second-order valence-electron chi connectivity index (χ2n) is 8.45. The molecule has 30 heavy (non-hydrogen) atoms. The molecule has 0 aliphatic heterocycles. The summed E-state index contributed by atoms with van der Waals surface area (Å²) in [5.41, 5.74) is 1.76. The summed E-state index contributed by atoms with van der Waals surface area (Å²) in [5, 5.41) is -0.118. The standard InChI is InChI=1S/C26H32F2OS/c1-2-3-4-5-6-19-7-9-20(10-8-19)21-15-17-24(18-16-21)30-26(29)23-13-11-22(12-14-23)25(27)28/h11-20,25H,2-10H2,1H3/t19-,20-. The highest BCUT2D eigenvalue weighted by Crippen LogP contribution is 2.38. The Hall–Kier alpha value is -1.68. The number of rotatable bonds is 9. The average molecular weight is 431 g/mol. The van der Waals surface area contributed by atoms with E-state index in [0.717, 1.165) is 22.6 Å². The van der Waals surface area contributed by atoms with E-state index < -0.39 is 6.43 Å². The zero-order valence-corrected chi connectivity index (χ0v) is 18.6. The van der Waals surface area contributed by atoms with Gasteiger partial charge in [-0.2, -0.15) is 0 Å². The first-order chi connectivity index (χ1) is 14.6. The van der Waals surface area contributed by atoms with Gasteiger partial charge in [0, 0.05) is 16.0 Å². The van der Waals surface area contributed by atoms with Crippen LogP contribution in [0, 0.1) is 5.92 Å². The topological polar surface area (TPSA) is 17.1 Å². The molecule has 4 heteroatoms. The van der Waals surface area contributed by atoms with Gasteiger partial charge in [0.25, 0.3) is 6.43 Å². The third kappa shape index (κ3) is 6.66. The molecule has 0 heterocycles. The first kappa shape index (κ1) is 23.0. The smallest absolute Gasteiger partial charge is 0.263 e. The Kier molecular flexibility index (Phi) is 8.92. The summed E-state index contributed by atoms with van der Waals surface area (Å²) in [6.45, 7) is 2.26. The van der Waals surface area contributed by atoms with Gasteiger partial charge in [0.05, 0.1) is 0 Å². The second kappa shape index (κ2) is 11.6. The first-order valence-corrected chi connectivity index (χ1v) is 12.1.